The third-order valence-electron chi connectivity index (χ3n) is 2.81. The molecule has 0 fully saturated rings. The van der Waals surface area contributed by atoms with E-state index in [4.69, 9.17) is 20.0 Å². The van der Waals surface area contributed by atoms with Gasteiger partial charge in [-0.05, 0) is 30.2 Å². The van der Waals surface area contributed by atoms with Gasteiger partial charge in [-0.1, -0.05) is 0 Å². The van der Waals surface area contributed by atoms with E-state index in [2.05, 4.69) is 0 Å². The van der Waals surface area contributed by atoms with Gasteiger partial charge in [0.1, 0.15) is 11.7 Å². The number of carbonyl (C=O) groups excluding carboxylic acids is 1. The highest BCUT2D eigenvalue weighted by Gasteiger charge is 2.19. The van der Waals surface area contributed by atoms with Gasteiger partial charge in [0.15, 0.2) is 0 Å². The highest BCUT2D eigenvalue weighted by atomic mass is 16.5. The number of rotatable bonds is 4. The van der Waals surface area contributed by atoms with E-state index in [1.54, 1.807) is 19.1 Å². The van der Waals surface area contributed by atoms with Crippen molar-refractivity contribution in [2.45, 2.75) is 13.3 Å². The fourth-order valence-electron chi connectivity index (χ4n) is 1.79. The molecule has 0 aliphatic heterocycles. The van der Waals surface area contributed by atoms with Gasteiger partial charge in [0.25, 0.3) is 0 Å². The molecule has 0 saturated heterocycles. The van der Waals surface area contributed by atoms with E-state index in [0.717, 1.165) is 5.56 Å². The smallest absolute Gasteiger partial charge is 0.338 e. The molecule has 5 heteroatoms. The van der Waals surface area contributed by atoms with Crippen molar-refractivity contribution < 1.29 is 14.3 Å². The Morgan fingerprint density at radius 3 is 2.42 bits per heavy atom. The average molecular weight is 258 g/mol. The first-order valence-electron chi connectivity index (χ1n) is 5.62. The molecule has 1 aromatic rings. The molecule has 1 rings (SSSR count). The molecule has 0 unspecified atom stereocenters. The molecule has 0 aromatic heterocycles. The van der Waals surface area contributed by atoms with Crippen molar-refractivity contribution in [1.82, 2.24) is 0 Å². The summed E-state index contributed by atoms with van der Waals surface area (Å²) in [5, 5.41) is 17.7. The fraction of sp³-hybridized carbons (Fsp3) is 0.357. The number of benzene rings is 1. The van der Waals surface area contributed by atoms with Crippen molar-refractivity contribution in [3.63, 3.8) is 0 Å². The van der Waals surface area contributed by atoms with Gasteiger partial charge >= 0.3 is 5.97 Å². The second kappa shape index (κ2) is 6.42. The van der Waals surface area contributed by atoms with Crippen LogP contribution in [0.4, 0.5) is 0 Å². The van der Waals surface area contributed by atoms with Gasteiger partial charge in [-0.2, -0.15) is 10.5 Å². The summed E-state index contributed by atoms with van der Waals surface area (Å²) >= 11 is 0. The third-order valence-corrected chi connectivity index (χ3v) is 2.81. The minimum absolute atomic E-state index is 0.188. The SMILES string of the molecule is COC(=O)c1cc(OC)cc(C)c1CC(C#N)C#N. The van der Waals surface area contributed by atoms with Gasteiger partial charge in [0, 0.05) is 6.42 Å². The topological polar surface area (TPSA) is 83.1 Å². The molecule has 0 N–H and O–H groups in total. The predicted octanol–water partition coefficient (Wildman–Crippen LogP) is 2.00. The maximum absolute atomic E-state index is 11.8. The number of esters is 1. The average Bonchev–Trinajstić information content (AvgIpc) is 2.44. The van der Waals surface area contributed by atoms with E-state index >= 15 is 0 Å². The molecular weight excluding hydrogens is 244 g/mol. The van der Waals surface area contributed by atoms with Crippen molar-refractivity contribution in [2.24, 2.45) is 5.92 Å². The van der Waals surface area contributed by atoms with Crippen LogP contribution in [0.15, 0.2) is 12.1 Å². The molecule has 0 amide bonds. The summed E-state index contributed by atoms with van der Waals surface area (Å²) in [6.45, 7) is 1.80. The Morgan fingerprint density at radius 2 is 1.95 bits per heavy atom. The summed E-state index contributed by atoms with van der Waals surface area (Å²) < 4.78 is 9.83. The van der Waals surface area contributed by atoms with Crippen LogP contribution in [-0.2, 0) is 11.2 Å². The largest absolute Gasteiger partial charge is 0.497 e. The van der Waals surface area contributed by atoms with Gasteiger partial charge in [0.2, 0.25) is 0 Å². The van der Waals surface area contributed by atoms with Gasteiger partial charge in [-0.15, -0.1) is 0 Å². The van der Waals surface area contributed by atoms with Crippen molar-refractivity contribution in [2.75, 3.05) is 14.2 Å². The number of hydrogen-bond donors (Lipinski definition) is 0. The first-order valence-corrected chi connectivity index (χ1v) is 5.62. The maximum Gasteiger partial charge on any atom is 0.338 e. The maximum atomic E-state index is 11.8. The summed E-state index contributed by atoms with van der Waals surface area (Å²) in [4.78, 5) is 11.8. The zero-order valence-electron chi connectivity index (χ0n) is 11.1. The fourth-order valence-corrected chi connectivity index (χ4v) is 1.79. The summed E-state index contributed by atoms with van der Waals surface area (Å²) in [5.74, 6) is -0.769. The quantitative estimate of drug-likeness (QED) is 0.771. The Morgan fingerprint density at radius 1 is 1.32 bits per heavy atom. The Labute approximate surface area is 112 Å². The van der Waals surface area contributed by atoms with Crippen LogP contribution in [0.3, 0.4) is 0 Å². The van der Waals surface area contributed by atoms with Crippen molar-refractivity contribution in [1.29, 1.82) is 10.5 Å². The molecule has 98 valence electrons. The first kappa shape index (κ1) is 14.5. The lowest BCUT2D eigenvalue weighted by molar-refractivity contribution is 0.0599. The van der Waals surface area contributed by atoms with Crippen molar-refractivity contribution >= 4 is 5.97 Å². The van der Waals surface area contributed by atoms with Gasteiger partial charge in [0.05, 0.1) is 31.9 Å². The molecule has 0 heterocycles. The normalized spacial score (nSPS) is 9.58. The lowest BCUT2D eigenvalue weighted by atomic mass is 9.93. The molecule has 0 saturated carbocycles. The predicted molar refractivity (Wildman–Crippen MR) is 67.5 cm³/mol. The van der Waals surface area contributed by atoms with Crippen LogP contribution in [0.5, 0.6) is 5.75 Å². The second-order valence-electron chi connectivity index (χ2n) is 3.98. The van der Waals surface area contributed by atoms with Crippen LogP contribution in [0.2, 0.25) is 0 Å². The van der Waals surface area contributed by atoms with Gasteiger partial charge in [-0.3, -0.25) is 0 Å². The first-order chi connectivity index (χ1) is 9.07. The van der Waals surface area contributed by atoms with E-state index in [-0.39, 0.29) is 6.42 Å². The van der Waals surface area contributed by atoms with Crippen LogP contribution in [0.25, 0.3) is 0 Å². The number of nitriles is 2. The zero-order chi connectivity index (χ0) is 14.4. The van der Waals surface area contributed by atoms with E-state index in [0.29, 0.717) is 16.9 Å². The minimum Gasteiger partial charge on any atom is -0.497 e. The summed E-state index contributed by atoms with van der Waals surface area (Å²) in [6, 6.07) is 7.10. The molecule has 5 nitrogen and oxygen atoms in total. The molecular formula is C14H14N2O3. The number of methoxy groups -OCH3 is 2. The number of carbonyl (C=O) groups is 1. The van der Waals surface area contributed by atoms with E-state index in [1.807, 2.05) is 12.1 Å². The van der Waals surface area contributed by atoms with Crippen molar-refractivity contribution in [3.8, 4) is 17.9 Å². The Balaban J connectivity index is 3.33. The Kier molecular flexibility index (Phi) is 4.91. The number of aryl methyl sites for hydroxylation is 1. The van der Waals surface area contributed by atoms with Gasteiger partial charge in [-0.25, -0.2) is 4.79 Å². The summed E-state index contributed by atoms with van der Waals surface area (Å²) in [7, 11) is 2.79. The number of hydrogen-bond acceptors (Lipinski definition) is 5. The second-order valence-corrected chi connectivity index (χ2v) is 3.98. The molecule has 0 bridgehead atoms. The molecule has 0 radical (unpaired) electrons. The van der Waals surface area contributed by atoms with E-state index in [1.165, 1.54) is 14.2 Å². The van der Waals surface area contributed by atoms with Gasteiger partial charge < -0.3 is 9.47 Å². The summed E-state index contributed by atoms with van der Waals surface area (Å²) in [5.41, 5.74) is 1.76. The molecule has 0 aliphatic rings. The monoisotopic (exact) mass is 258 g/mol. The van der Waals surface area contributed by atoms with Crippen LogP contribution in [0, 0.1) is 35.5 Å². The van der Waals surface area contributed by atoms with Crippen LogP contribution in [-0.4, -0.2) is 20.2 Å². The van der Waals surface area contributed by atoms with Crippen LogP contribution < -0.4 is 4.74 Å². The molecule has 0 spiro atoms. The Hall–Kier alpha value is -2.53. The minimum atomic E-state index is -0.796. The van der Waals surface area contributed by atoms with E-state index in [9.17, 15) is 4.79 Å². The van der Waals surface area contributed by atoms with Crippen molar-refractivity contribution in [3.05, 3.63) is 28.8 Å². The van der Waals surface area contributed by atoms with Crippen LogP contribution in [0.1, 0.15) is 21.5 Å². The highest BCUT2D eigenvalue weighted by molar-refractivity contribution is 5.92. The zero-order valence-corrected chi connectivity index (χ0v) is 11.1. The summed E-state index contributed by atoms with van der Waals surface area (Å²) in [6.07, 6.45) is 0.188. The molecule has 1 aromatic carbocycles. The van der Waals surface area contributed by atoms with Crippen LogP contribution >= 0.6 is 0 Å². The number of nitrogens with zero attached hydrogens (tertiary/aromatic N) is 2. The third kappa shape index (κ3) is 3.23. The lowest BCUT2D eigenvalue weighted by Gasteiger charge is -2.13. The molecule has 19 heavy (non-hydrogen) atoms. The lowest BCUT2D eigenvalue weighted by Crippen LogP contribution is -2.11. The van der Waals surface area contributed by atoms with E-state index < -0.39 is 11.9 Å². The Bertz CT molecular complexity index is 553. The standard InChI is InChI=1S/C14H14N2O3/c1-9-4-11(18-2)6-13(14(17)19-3)12(9)5-10(7-15)8-16/h4,6,10H,5H2,1-3H3. The molecule has 0 atom stereocenters. The number of ether oxygens (including phenoxy) is 2. The highest BCUT2D eigenvalue weighted by Crippen LogP contribution is 2.25. The molecule has 0 aliphatic carbocycles.